The zero-order valence-electron chi connectivity index (χ0n) is 20.0. The highest BCUT2D eigenvalue weighted by Gasteiger charge is 2.74. The Labute approximate surface area is 194 Å². The Kier molecular flexibility index (Phi) is 4.88. The molecule has 184 valence electrons. The van der Waals surface area contributed by atoms with Gasteiger partial charge in [0.1, 0.15) is 5.60 Å². The van der Waals surface area contributed by atoms with E-state index in [1.165, 1.54) is 0 Å². The van der Waals surface area contributed by atoms with Crippen molar-refractivity contribution in [1.82, 2.24) is 0 Å². The van der Waals surface area contributed by atoms with Crippen LogP contribution >= 0.6 is 0 Å². The van der Waals surface area contributed by atoms with Crippen LogP contribution in [0.2, 0.25) is 0 Å². The molecule has 8 heteroatoms. The molecule has 1 aliphatic heterocycles. The molecule has 8 nitrogen and oxygen atoms in total. The fourth-order valence-corrected chi connectivity index (χ4v) is 7.61. The molecule has 5 rings (SSSR count). The molecule has 2 bridgehead atoms. The Morgan fingerprint density at radius 2 is 1.79 bits per heavy atom. The Bertz CT molecular complexity index is 937. The third-order valence-electron chi connectivity index (χ3n) is 10.0. The predicted molar refractivity (Wildman–Crippen MR) is 116 cm³/mol. The zero-order chi connectivity index (χ0) is 24.3. The monoisotopic (exact) mass is 464 g/mol. The molecule has 8 unspecified atom stereocenters. The van der Waals surface area contributed by atoms with E-state index < -0.39 is 70.0 Å². The normalized spacial score (nSPS) is 51.0. The van der Waals surface area contributed by atoms with Crippen molar-refractivity contribution in [1.29, 1.82) is 0 Å². The van der Waals surface area contributed by atoms with E-state index in [-0.39, 0.29) is 25.4 Å². The number of fused-ring (bicyclic) bond motifs is 5. The predicted octanol–water partition coefficient (Wildman–Crippen LogP) is 0.882. The molecule has 4 fully saturated rings. The number of carbonyl (C=O) groups is 2. The maximum Gasteiger partial charge on any atom is 0.309 e. The minimum Gasteiger partial charge on any atom is -0.449 e. The van der Waals surface area contributed by atoms with Crippen molar-refractivity contribution in [3.63, 3.8) is 0 Å². The summed E-state index contributed by atoms with van der Waals surface area (Å²) >= 11 is 0. The largest absolute Gasteiger partial charge is 0.449 e. The van der Waals surface area contributed by atoms with Gasteiger partial charge in [0.2, 0.25) is 0 Å². The third-order valence-corrected chi connectivity index (χ3v) is 10.0. The van der Waals surface area contributed by atoms with Gasteiger partial charge < -0.3 is 29.9 Å². The third kappa shape index (κ3) is 2.76. The highest BCUT2D eigenvalue weighted by molar-refractivity contribution is 5.95. The Morgan fingerprint density at radius 3 is 2.33 bits per heavy atom. The highest BCUT2D eigenvalue weighted by Crippen LogP contribution is 2.64. The fraction of sp³-hybridized carbons (Fsp3) is 0.840. The molecule has 33 heavy (non-hydrogen) atoms. The van der Waals surface area contributed by atoms with Gasteiger partial charge in [-0.3, -0.25) is 9.59 Å². The first kappa shape index (κ1) is 23.4. The number of Topliss-reactive ketones (excluding diaryl/α,β-unsaturated/α-hetero) is 1. The summed E-state index contributed by atoms with van der Waals surface area (Å²) in [5.41, 5.74) is -4.57. The number of aliphatic hydroxyl groups excluding tert-OH is 2. The van der Waals surface area contributed by atoms with Crippen LogP contribution in [0.4, 0.5) is 0 Å². The lowest BCUT2D eigenvalue weighted by Gasteiger charge is -2.67. The molecule has 0 aromatic carbocycles. The Morgan fingerprint density at radius 1 is 1.15 bits per heavy atom. The van der Waals surface area contributed by atoms with E-state index in [1.807, 2.05) is 0 Å². The van der Waals surface area contributed by atoms with Crippen LogP contribution in [0, 0.1) is 28.6 Å². The molecular formula is C25H36O8. The van der Waals surface area contributed by atoms with Crippen LogP contribution in [0.15, 0.2) is 11.1 Å². The Hall–Kier alpha value is -1.32. The maximum atomic E-state index is 14.4. The first-order valence-electron chi connectivity index (χ1n) is 12.1. The van der Waals surface area contributed by atoms with Crippen LogP contribution in [0.25, 0.3) is 0 Å². The van der Waals surface area contributed by atoms with Crippen LogP contribution in [0.5, 0.6) is 0 Å². The molecule has 9 atom stereocenters. The summed E-state index contributed by atoms with van der Waals surface area (Å²) in [6.07, 6.45) is -2.70. The van der Waals surface area contributed by atoms with Crippen LogP contribution in [-0.4, -0.2) is 74.4 Å². The standard InChI is InChI=1S/C25H36O8/c1-11-14(26)9-25(31)12(2)19-23(5,15(27)8-16-24(19,30)10-32-16)20(28)18(17(11)22(25,3)4)33-21(29)13-6-7-13/h12-16,18-19,26-27,30-31H,6-10H2,1-5H3/t12?,14?,15?,16?,18?,19?,23-,24?,25?/m1/s1. The number of hydrogen-bond donors (Lipinski definition) is 4. The summed E-state index contributed by atoms with van der Waals surface area (Å²) in [6, 6.07) is 0. The van der Waals surface area contributed by atoms with Crippen molar-refractivity contribution in [2.24, 2.45) is 28.6 Å². The minimum absolute atomic E-state index is 0.00439. The van der Waals surface area contributed by atoms with Gasteiger partial charge in [-0.05, 0) is 43.8 Å². The molecule has 0 spiro atoms. The van der Waals surface area contributed by atoms with Crippen molar-refractivity contribution in [3.05, 3.63) is 11.1 Å². The van der Waals surface area contributed by atoms with Gasteiger partial charge in [-0.25, -0.2) is 0 Å². The second kappa shape index (κ2) is 6.88. The number of hydrogen-bond acceptors (Lipinski definition) is 8. The molecule has 0 aromatic heterocycles. The first-order chi connectivity index (χ1) is 15.2. The summed E-state index contributed by atoms with van der Waals surface area (Å²) in [7, 11) is 0. The van der Waals surface area contributed by atoms with Gasteiger partial charge in [0.15, 0.2) is 11.9 Å². The van der Waals surface area contributed by atoms with E-state index in [9.17, 15) is 30.0 Å². The van der Waals surface area contributed by atoms with Crippen LogP contribution in [-0.2, 0) is 19.1 Å². The second-order valence-corrected chi connectivity index (χ2v) is 11.9. The molecule has 4 aliphatic carbocycles. The zero-order valence-corrected chi connectivity index (χ0v) is 20.0. The molecule has 1 heterocycles. The van der Waals surface area contributed by atoms with Crippen LogP contribution in [0.1, 0.15) is 60.3 Å². The molecule has 0 aromatic rings. The lowest BCUT2D eigenvalue weighted by molar-refractivity contribution is -0.335. The van der Waals surface area contributed by atoms with Crippen molar-refractivity contribution >= 4 is 11.8 Å². The molecular weight excluding hydrogens is 428 g/mol. The number of rotatable bonds is 2. The van der Waals surface area contributed by atoms with E-state index in [4.69, 9.17) is 9.47 Å². The molecule has 0 radical (unpaired) electrons. The minimum atomic E-state index is -1.54. The second-order valence-electron chi connectivity index (χ2n) is 11.9. The van der Waals surface area contributed by atoms with Gasteiger partial charge in [0.05, 0.1) is 41.9 Å². The van der Waals surface area contributed by atoms with Crippen LogP contribution < -0.4 is 0 Å². The quantitative estimate of drug-likeness (QED) is 0.350. The van der Waals surface area contributed by atoms with Crippen molar-refractivity contribution in [2.75, 3.05) is 6.61 Å². The summed E-state index contributed by atoms with van der Waals surface area (Å²) in [4.78, 5) is 27.2. The van der Waals surface area contributed by atoms with Gasteiger partial charge in [0, 0.05) is 24.2 Å². The number of ether oxygens (including phenoxy) is 2. The van der Waals surface area contributed by atoms with E-state index in [0.717, 1.165) is 0 Å². The molecule has 0 amide bonds. The van der Waals surface area contributed by atoms with Gasteiger partial charge in [-0.2, -0.15) is 0 Å². The van der Waals surface area contributed by atoms with E-state index in [0.29, 0.717) is 24.0 Å². The van der Waals surface area contributed by atoms with E-state index in [2.05, 4.69) is 0 Å². The molecule has 3 saturated carbocycles. The van der Waals surface area contributed by atoms with E-state index >= 15 is 0 Å². The lowest BCUT2D eigenvalue weighted by Crippen LogP contribution is -2.79. The van der Waals surface area contributed by atoms with Gasteiger partial charge in [-0.15, -0.1) is 0 Å². The number of ketones is 1. The number of carbonyl (C=O) groups excluding carboxylic acids is 2. The summed E-state index contributed by atoms with van der Waals surface area (Å²) in [5.74, 6) is -2.76. The average molecular weight is 465 g/mol. The lowest BCUT2D eigenvalue weighted by atomic mass is 9.43. The maximum absolute atomic E-state index is 14.4. The smallest absolute Gasteiger partial charge is 0.309 e. The number of aliphatic hydroxyl groups is 4. The van der Waals surface area contributed by atoms with Gasteiger partial charge in [-0.1, -0.05) is 20.8 Å². The molecule has 1 saturated heterocycles. The fourth-order valence-electron chi connectivity index (χ4n) is 7.61. The van der Waals surface area contributed by atoms with E-state index in [1.54, 1.807) is 34.6 Å². The van der Waals surface area contributed by atoms with Crippen molar-refractivity contribution in [2.45, 2.75) is 95.9 Å². The van der Waals surface area contributed by atoms with Crippen molar-refractivity contribution in [3.8, 4) is 0 Å². The molecule has 4 N–H and O–H groups in total. The first-order valence-corrected chi connectivity index (χ1v) is 12.1. The average Bonchev–Trinajstić information content (AvgIpc) is 3.57. The number of esters is 1. The highest BCUT2D eigenvalue weighted by atomic mass is 16.6. The molecule has 5 aliphatic rings. The van der Waals surface area contributed by atoms with Gasteiger partial charge >= 0.3 is 5.97 Å². The topological polar surface area (TPSA) is 134 Å². The van der Waals surface area contributed by atoms with Crippen LogP contribution in [0.3, 0.4) is 0 Å². The SMILES string of the molecule is CC1=C2C(OC(=O)C3CC3)C(=O)[C@]3(C)C(O)CC4OCC4(O)C3C(C)C(O)(CC1O)C2(C)C. The summed E-state index contributed by atoms with van der Waals surface area (Å²) in [6.45, 7) is 8.72. The van der Waals surface area contributed by atoms with Gasteiger partial charge in [0.25, 0.3) is 0 Å². The van der Waals surface area contributed by atoms with Crippen molar-refractivity contribution < 1.29 is 39.5 Å². The summed E-state index contributed by atoms with van der Waals surface area (Å²) < 4.78 is 11.4. The summed E-state index contributed by atoms with van der Waals surface area (Å²) in [5, 5.41) is 46.2. The Balaban J connectivity index is 1.76.